The van der Waals surface area contributed by atoms with Crippen LogP contribution < -0.4 is 10.1 Å². The number of methoxy groups -OCH3 is 1. The van der Waals surface area contributed by atoms with E-state index in [1.165, 1.54) is 13.2 Å². The molecule has 2 N–H and O–H groups in total. The van der Waals surface area contributed by atoms with Gasteiger partial charge >= 0.3 is 0 Å². The molecule has 1 amide bonds. The molecule has 0 aliphatic heterocycles. The largest absolute Gasteiger partial charge is 0.497 e. The minimum Gasteiger partial charge on any atom is -0.497 e. The molecule has 1 rings (SSSR count). The van der Waals surface area contributed by atoms with Gasteiger partial charge < -0.3 is 15.2 Å². The van der Waals surface area contributed by atoms with Crippen molar-refractivity contribution in [2.75, 3.05) is 7.11 Å². The van der Waals surface area contributed by atoms with Crippen LogP contribution in [0.15, 0.2) is 24.3 Å². The lowest BCUT2D eigenvalue weighted by molar-refractivity contribution is 0.0791. The number of hydrogen-bond acceptors (Lipinski definition) is 3. The minimum absolute atomic E-state index is 0.289. The number of rotatable bonds is 3. The van der Waals surface area contributed by atoms with Gasteiger partial charge in [-0.2, -0.15) is 0 Å². The molecule has 0 heterocycles. The Morgan fingerprint density at radius 3 is 2.65 bits per heavy atom. The summed E-state index contributed by atoms with van der Waals surface area (Å²) in [5.74, 6) is -0.0521. The molecule has 0 fully saturated rings. The molecule has 1 aromatic carbocycles. The molecular formula is C10H10Cl3NO3. The van der Waals surface area contributed by atoms with E-state index >= 15 is 0 Å². The van der Waals surface area contributed by atoms with E-state index in [0.29, 0.717) is 5.75 Å². The monoisotopic (exact) mass is 297 g/mol. The quantitative estimate of drug-likeness (QED) is 0.664. The van der Waals surface area contributed by atoms with E-state index in [-0.39, 0.29) is 5.56 Å². The van der Waals surface area contributed by atoms with E-state index in [1.54, 1.807) is 18.2 Å². The third-order valence-electron chi connectivity index (χ3n) is 1.91. The number of benzene rings is 1. The highest BCUT2D eigenvalue weighted by Gasteiger charge is 2.32. The summed E-state index contributed by atoms with van der Waals surface area (Å²) in [4.78, 5) is 11.7. The van der Waals surface area contributed by atoms with Crippen LogP contribution in [0.2, 0.25) is 0 Å². The topological polar surface area (TPSA) is 58.6 Å². The van der Waals surface area contributed by atoms with Crippen molar-refractivity contribution in [2.45, 2.75) is 10.0 Å². The standard InChI is InChI=1S/C10H10Cl3NO3/c1-17-7-4-2-3-6(5-7)8(15)14-9(16)10(11,12)13/h2-5,9,16H,1H3,(H,14,15). The van der Waals surface area contributed by atoms with Crippen LogP contribution in [0.1, 0.15) is 10.4 Å². The maximum atomic E-state index is 11.7. The lowest BCUT2D eigenvalue weighted by Crippen LogP contribution is -2.43. The van der Waals surface area contributed by atoms with Gasteiger partial charge in [-0.15, -0.1) is 0 Å². The van der Waals surface area contributed by atoms with Gasteiger partial charge in [0.15, 0.2) is 6.23 Å². The Morgan fingerprint density at radius 1 is 1.47 bits per heavy atom. The summed E-state index contributed by atoms with van der Waals surface area (Å²) in [5.41, 5.74) is 0.289. The van der Waals surface area contributed by atoms with Crippen LogP contribution in [0.3, 0.4) is 0 Å². The molecule has 7 heteroatoms. The second kappa shape index (κ2) is 5.78. The zero-order valence-corrected chi connectivity index (χ0v) is 11.1. The second-order valence-corrected chi connectivity index (χ2v) is 5.52. The first-order valence-electron chi connectivity index (χ1n) is 4.54. The first-order valence-corrected chi connectivity index (χ1v) is 5.67. The zero-order valence-electron chi connectivity index (χ0n) is 8.78. The molecule has 1 atom stereocenters. The first kappa shape index (κ1) is 14.4. The molecule has 0 saturated heterocycles. The fourth-order valence-corrected chi connectivity index (χ4v) is 1.22. The second-order valence-electron chi connectivity index (χ2n) is 3.15. The molecule has 94 valence electrons. The number of aliphatic hydroxyl groups is 1. The molecule has 0 aromatic heterocycles. The highest BCUT2D eigenvalue weighted by atomic mass is 35.6. The minimum atomic E-state index is -1.98. The van der Waals surface area contributed by atoms with Crippen LogP contribution in [0.5, 0.6) is 5.75 Å². The SMILES string of the molecule is COc1cccc(C(=O)NC(O)C(Cl)(Cl)Cl)c1. The molecule has 0 aliphatic rings. The Kier molecular flexibility index (Phi) is 4.89. The van der Waals surface area contributed by atoms with Crippen molar-refractivity contribution in [3.05, 3.63) is 29.8 Å². The number of alkyl halides is 3. The third-order valence-corrected chi connectivity index (χ3v) is 2.53. The van der Waals surface area contributed by atoms with Crippen LogP contribution in [0.25, 0.3) is 0 Å². The lowest BCUT2D eigenvalue weighted by Gasteiger charge is -2.19. The summed E-state index contributed by atoms with van der Waals surface area (Å²) in [6.45, 7) is 0. The molecule has 0 bridgehead atoms. The third kappa shape index (κ3) is 4.24. The van der Waals surface area contributed by atoms with Gasteiger partial charge in [-0.05, 0) is 18.2 Å². The number of aliphatic hydroxyl groups excluding tert-OH is 1. The lowest BCUT2D eigenvalue weighted by atomic mass is 10.2. The van der Waals surface area contributed by atoms with Crippen molar-refractivity contribution in [2.24, 2.45) is 0 Å². The van der Waals surface area contributed by atoms with Crippen molar-refractivity contribution in [1.29, 1.82) is 0 Å². The molecular weight excluding hydrogens is 288 g/mol. The summed E-state index contributed by atoms with van der Waals surface area (Å²) in [7, 11) is 1.48. The summed E-state index contributed by atoms with van der Waals surface area (Å²) < 4.78 is 2.98. The molecule has 17 heavy (non-hydrogen) atoms. The summed E-state index contributed by atoms with van der Waals surface area (Å²) >= 11 is 16.2. The maximum absolute atomic E-state index is 11.7. The highest BCUT2D eigenvalue weighted by molar-refractivity contribution is 6.68. The van der Waals surface area contributed by atoms with Gasteiger partial charge in [-0.3, -0.25) is 4.79 Å². The van der Waals surface area contributed by atoms with Crippen LogP contribution >= 0.6 is 34.8 Å². The molecule has 0 saturated carbocycles. The van der Waals surface area contributed by atoms with Crippen LogP contribution in [0, 0.1) is 0 Å². The number of nitrogens with one attached hydrogen (secondary N) is 1. The van der Waals surface area contributed by atoms with Crippen molar-refractivity contribution >= 4 is 40.7 Å². The van der Waals surface area contributed by atoms with Crippen LogP contribution in [-0.2, 0) is 0 Å². The maximum Gasteiger partial charge on any atom is 0.253 e. The summed E-state index contributed by atoms with van der Waals surface area (Å²) in [6, 6.07) is 6.36. The number of halogens is 3. The summed E-state index contributed by atoms with van der Waals surface area (Å²) in [6.07, 6.45) is -1.59. The van der Waals surface area contributed by atoms with Crippen LogP contribution in [-0.4, -0.2) is 28.1 Å². The number of carbonyl (C=O) groups excluding carboxylic acids is 1. The van der Waals surface area contributed by atoms with Gasteiger partial charge in [-0.1, -0.05) is 40.9 Å². The van der Waals surface area contributed by atoms with E-state index in [9.17, 15) is 9.90 Å². The average molecular weight is 299 g/mol. The molecule has 0 aliphatic carbocycles. The number of carbonyl (C=O) groups is 1. The Hall–Kier alpha value is -0.680. The van der Waals surface area contributed by atoms with E-state index in [4.69, 9.17) is 39.5 Å². The van der Waals surface area contributed by atoms with Gasteiger partial charge in [0.25, 0.3) is 5.91 Å². The molecule has 1 aromatic rings. The van der Waals surface area contributed by atoms with Gasteiger partial charge in [0.05, 0.1) is 7.11 Å². The van der Waals surface area contributed by atoms with E-state index in [0.717, 1.165) is 0 Å². The van der Waals surface area contributed by atoms with Gasteiger partial charge in [-0.25, -0.2) is 0 Å². The predicted molar refractivity (Wildman–Crippen MR) is 66.8 cm³/mol. The van der Waals surface area contributed by atoms with Crippen molar-refractivity contribution in [1.82, 2.24) is 5.32 Å². The van der Waals surface area contributed by atoms with E-state index in [2.05, 4.69) is 5.32 Å². The number of hydrogen-bond donors (Lipinski definition) is 2. The Labute approximate surface area is 113 Å². The Morgan fingerprint density at radius 2 is 2.12 bits per heavy atom. The molecule has 4 nitrogen and oxygen atoms in total. The van der Waals surface area contributed by atoms with Crippen LogP contribution in [0.4, 0.5) is 0 Å². The molecule has 0 spiro atoms. The number of ether oxygens (including phenoxy) is 1. The smallest absolute Gasteiger partial charge is 0.253 e. The predicted octanol–water partition coefficient (Wildman–Crippen LogP) is 2.11. The number of amides is 1. The Balaban J connectivity index is 2.76. The van der Waals surface area contributed by atoms with Gasteiger partial charge in [0.2, 0.25) is 3.79 Å². The first-order chi connectivity index (χ1) is 7.84. The fraction of sp³-hybridized carbons (Fsp3) is 0.300. The van der Waals surface area contributed by atoms with Gasteiger partial charge in [0.1, 0.15) is 5.75 Å². The van der Waals surface area contributed by atoms with Crippen molar-refractivity contribution in [3.63, 3.8) is 0 Å². The highest BCUT2D eigenvalue weighted by Crippen LogP contribution is 2.29. The van der Waals surface area contributed by atoms with E-state index in [1.807, 2.05) is 0 Å². The molecule has 1 unspecified atom stereocenters. The van der Waals surface area contributed by atoms with Crippen molar-refractivity contribution < 1.29 is 14.6 Å². The fourth-order valence-electron chi connectivity index (χ4n) is 1.05. The van der Waals surface area contributed by atoms with E-state index < -0.39 is 15.9 Å². The van der Waals surface area contributed by atoms with Gasteiger partial charge in [0, 0.05) is 5.56 Å². The summed E-state index contributed by atoms with van der Waals surface area (Å²) in [5, 5.41) is 11.5. The van der Waals surface area contributed by atoms with Crippen molar-refractivity contribution in [3.8, 4) is 5.75 Å². The normalized spacial score (nSPS) is 13.0. The zero-order chi connectivity index (χ0) is 13.1. The molecule has 0 radical (unpaired) electrons. The average Bonchev–Trinajstić information content (AvgIpc) is 2.27. The Bertz CT molecular complexity index is 406.